The van der Waals surface area contributed by atoms with Gasteiger partial charge < -0.3 is 10.2 Å². The number of carbonyl (C=O) groups is 2. The average Bonchev–Trinajstić information content (AvgIpc) is 3.21. The molecule has 0 saturated carbocycles. The lowest BCUT2D eigenvalue weighted by atomic mass is 10.2. The van der Waals surface area contributed by atoms with E-state index < -0.39 is 40.6 Å². The van der Waals surface area contributed by atoms with Crippen LogP contribution in [0.2, 0.25) is 0 Å². The highest BCUT2D eigenvalue weighted by molar-refractivity contribution is 7.89. The zero-order valence-electron chi connectivity index (χ0n) is 17.4. The number of rotatable bonds is 8. The molecule has 1 aromatic carbocycles. The maximum atomic E-state index is 12.5. The second-order valence-electron chi connectivity index (χ2n) is 7.01. The van der Waals surface area contributed by atoms with Gasteiger partial charge in [-0.15, -0.1) is 0 Å². The lowest BCUT2D eigenvalue weighted by molar-refractivity contribution is -0.143. The van der Waals surface area contributed by atoms with Gasteiger partial charge in [-0.1, -0.05) is 26.0 Å². The van der Waals surface area contributed by atoms with Gasteiger partial charge in [-0.3, -0.25) is 9.59 Å². The topological polar surface area (TPSA) is 86.8 Å². The number of likely N-dealkylation sites (tertiary alicyclic amines) is 1. The Kier molecular flexibility index (Phi) is 8.24. The van der Waals surface area contributed by atoms with Crippen LogP contribution >= 0.6 is 0 Å². The van der Waals surface area contributed by atoms with Crippen molar-refractivity contribution in [1.29, 1.82) is 0 Å². The van der Waals surface area contributed by atoms with E-state index in [-0.39, 0.29) is 11.4 Å². The Morgan fingerprint density at radius 2 is 1.81 bits per heavy atom. The van der Waals surface area contributed by atoms with Crippen molar-refractivity contribution in [1.82, 2.24) is 14.5 Å². The lowest BCUT2D eigenvalue weighted by Gasteiger charge is -2.23. The molecule has 1 saturated heterocycles. The standard InChI is InChI=1S/C20H26F3N3O4S/c1-3-25(4-2)31(29,30)16-10-7-15(8-11-16)9-12-18(27)26-13-5-6-17(26)19(28)24-14-20(21,22)23/h7-12,17H,3-6,13-14H2,1-2H3,(H,24,28). The third kappa shape index (κ3) is 6.54. The van der Waals surface area contributed by atoms with Gasteiger partial charge in [0.1, 0.15) is 12.6 Å². The predicted octanol–water partition coefficient (Wildman–Crippen LogP) is 2.40. The van der Waals surface area contributed by atoms with Gasteiger partial charge in [-0.2, -0.15) is 17.5 Å². The molecule has 1 fully saturated rings. The van der Waals surface area contributed by atoms with Gasteiger partial charge in [0.25, 0.3) is 0 Å². The van der Waals surface area contributed by atoms with E-state index in [9.17, 15) is 31.2 Å². The zero-order chi connectivity index (χ0) is 23.2. The number of nitrogens with one attached hydrogen (secondary N) is 1. The zero-order valence-corrected chi connectivity index (χ0v) is 18.2. The van der Waals surface area contributed by atoms with Crippen molar-refractivity contribution in [2.45, 2.75) is 43.8 Å². The molecule has 1 atom stereocenters. The summed E-state index contributed by atoms with van der Waals surface area (Å²) >= 11 is 0. The van der Waals surface area contributed by atoms with Crippen LogP contribution in [0.5, 0.6) is 0 Å². The Bertz CT molecular complexity index is 911. The maximum Gasteiger partial charge on any atom is 0.405 e. The number of carbonyl (C=O) groups excluding carboxylic acids is 2. The van der Waals surface area contributed by atoms with E-state index in [1.165, 1.54) is 33.5 Å². The van der Waals surface area contributed by atoms with Gasteiger partial charge in [0.05, 0.1) is 4.90 Å². The maximum absolute atomic E-state index is 12.5. The Hall–Kier alpha value is -2.40. The molecule has 0 radical (unpaired) electrons. The summed E-state index contributed by atoms with van der Waals surface area (Å²) in [6, 6.07) is 5.05. The molecule has 1 heterocycles. The molecule has 31 heavy (non-hydrogen) atoms. The number of benzene rings is 1. The van der Waals surface area contributed by atoms with E-state index in [2.05, 4.69) is 0 Å². The normalized spacial score (nSPS) is 17.5. The summed E-state index contributed by atoms with van der Waals surface area (Å²) < 4.78 is 63.3. The molecule has 2 amide bonds. The quantitative estimate of drug-likeness (QED) is 0.603. The van der Waals surface area contributed by atoms with Crippen molar-refractivity contribution >= 4 is 27.9 Å². The highest BCUT2D eigenvalue weighted by Gasteiger charge is 2.35. The summed E-state index contributed by atoms with van der Waals surface area (Å²) in [5.41, 5.74) is 0.573. The van der Waals surface area contributed by atoms with Crippen molar-refractivity contribution in [3.8, 4) is 0 Å². The Balaban J connectivity index is 2.04. The monoisotopic (exact) mass is 461 g/mol. The highest BCUT2D eigenvalue weighted by atomic mass is 32.2. The molecule has 0 aromatic heterocycles. The SMILES string of the molecule is CCN(CC)S(=O)(=O)c1ccc(C=CC(=O)N2CCCC2C(=O)NCC(F)(F)F)cc1. The summed E-state index contributed by atoms with van der Waals surface area (Å²) in [7, 11) is -3.59. The van der Waals surface area contributed by atoms with Crippen molar-refractivity contribution in [2.24, 2.45) is 0 Å². The smallest absolute Gasteiger partial charge is 0.345 e. The molecular weight excluding hydrogens is 435 g/mol. The van der Waals surface area contributed by atoms with Crippen LogP contribution in [0, 0.1) is 0 Å². The largest absolute Gasteiger partial charge is 0.405 e. The molecule has 7 nitrogen and oxygen atoms in total. The molecule has 0 bridgehead atoms. The second-order valence-corrected chi connectivity index (χ2v) is 8.95. The number of hydrogen-bond donors (Lipinski definition) is 1. The number of alkyl halides is 3. The number of hydrogen-bond acceptors (Lipinski definition) is 4. The van der Waals surface area contributed by atoms with Gasteiger partial charge in [-0.05, 0) is 36.6 Å². The van der Waals surface area contributed by atoms with Crippen LogP contribution in [-0.2, 0) is 19.6 Å². The number of nitrogens with zero attached hydrogens (tertiary/aromatic N) is 2. The van der Waals surface area contributed by atoms with Crippen LogP contribution in [0.1, 0.15) is 32.3 Å². The van der Waals surface area contributed by atoms with E-state index in [4.69, 9.17) is 0 Å². The number of amides is 2. The van der Waals surface area contributed by atoms with E-state index in [1.54, 1.807) is 26.0 Å². The minimum atomic E-state index is -4.52. The molecule has 11 heteroatoms. The third-order valence-electron chi connectivity index (χ3n) is 4.94. The average molecular weight is 462 g/mol. The van der Waals surface area contributed by atoms with Crippen molar-refractivity contribution in [3.05, 3.63) is 35.9 Å². The minimum absolute atomic E-state index is 0.139. The summed E-state index contributed by atoms with van der Waals surface area (Å²) in [5.74, 6) is -1.33. The van der Waals surface area contributed by atoms with Crippen LogP contribution < -0.4 is 5.32 Å². The Morgan fingerprint density at radius 1 is 1.19 bits per heavy atom. The van der Waals surface area contributed by atoms with Gasteiger partial charge in [0.15, 0.2) is 0 Å². The Morgan fingerprint density at radius 3 is 2.35 bits per heavy atom. The summed E-state index contributed by atoms with van der Waals surface area (Å²) in [6.07, 6.45) is -1.01. The third-order valence-corrected chi connectivity index (χ3v) is 7.01. The predicted molar refractivity (Wildman–Crippen MR) is 109 cm³/mol. The van der Waals surface area contributed by atoms with Crippen molar-refractivity contribution < 1.29 is 31.2 Å². The van der Waals surface area contributed by atoms with Gasteiger partial charge in [0, 0.05) is 25.7 Å². The lowest BCUT2D eigenvalue weighted by Crippen LogP contribution is -2.47. The molecule has 1 unspecified atom stereocenters. The first-order chi connectivity index (χ1) is 14.5. The Labute approximate surface area is 179 Å². The summed E-state index contributed by atoms with van der Waals surface area (Å²) in [6.45, 7) is 3.03. The first kappa shape index (κ1) is 24.9. The van der Waals surface area contributed by atoms with E-state index in [0.29, 0.717) is 31.5 Å². The fraction of sp³-hybridized carbons (Fsp3) is 0.500. The first-order valence-electron chi connectivity index (χ1n) is 9.93. The van der Waals surface area contributed by atoms with Gasteiger partial charge in [0.2, 0.25) is 21.8 Å². The molecule has 172 valence electrons. The van der Waals surface area contributed by atoms with Gasteiger partial charge in [-0.25, -0.2) is 8.42 Å². The summed E-state index contributed by atoms with van der Waals surface area (Å²) in [5, 5.41) is 1.82. The van der Waals surface area contributed by atoms with Gasteiger partial charge >= 0.3 is 6.18 Å². The van der Waals surface area contributed by atoms with Crippen LogP contribution in [0.3, 0.4) is 0 Å². The fourth-order valence-electron chi connectivity index (χ4n) is 3.33. The minimum Gasteiger partial charge on any atom is -0.345 e. The molecule has 1 aromatic rings. The summed E-state index contributed by atoms with van der Waals surface area (Å²) in [4.78, 5) is 25.9. The molecule has 2 rings (SSSR count). The van der Waals surface area contributed by atoms with Crippen LogP contribution in [0.15, 0.2) is 35.2 Å². The number of sulfonamides is 1. The van der Waals surface area contributed by atoms with Crippen molar-refractivity contribution in [2.75, 3.05) is 26.2 Å². The van der Waals surface area contributed by atoms with Crippen LogP contribution in [0.25, 0.3) is 6.08 Å². The molecule has 0 aliphatic carbocycles. The second kappa shape index (κ2) is 10.3. The van der Waals surface area contributed by atoms with Crippen LogP contribution in [0.4, 0.5) is 13.2 Å². The van der Waals surface area contributed by atoms with E-state index in [0.717, 1.165) is 0 Å². The molecule has 1 aliphatic rings. The van der Waals surface area contributed by atoms with E-state index in [1.807, 2.05) is 5.32 Å². The van der Waals surface area contributed by atoms with Crippen LogP contribution in [-0.4, -0.2) is 67.8 Å². The molecular formula is C20H26F3N3O4S. The molecule has 1 aliphatic heterocycles. The molecule has 1 N–H and O–H groups in total. The van der Waals surface area contributed by atoms with E-state index >= 15 is 0 Å². The highest BCUT2D eigenvalue weighted by Crippen LogP contribution is 2.20. The molecule has 0 spiro atoms. The first-order valence-corrected chi connectivity index (χ1v) is 11.4. The fourth-order valence-corrected chi connectivity index (χ4v) is 4.79. The van der Waals surface area contributed by atoms with Crippen molar-refractivity contribution in [3.63, 3.8) is 0 Å². The number of halogens is 3.